The van der Waals surface area contributed by atoms with E-state index in [1.54, 1.807) is 0 Å². The summed E-state index contributed by atoms with van der Waals surface area (Å²) >= 11 is 0. The largest absolute Gasteiger partial charge is 0.307 e. The summed E-state index contributed by atoms with van der Waals surface area (Å²) in [6, 6.07) is 4.19. The lowest BCUT2D eigenvalue weighted by Gasteiger charge is -2.35. The molecule has 16 heavy (non-hydrogen) atoms. The van der Waals surface area contributed by atoms with Crippen molar-refractivity contribution in [2.45, 2.75) is 38.8 Å². The molecule has 0 amide bonds. The Labute approximate surface area is 94.9 Å². The third-order valence-electron chi connectivity index (χ3n) is 3.24. The van der Waals surface area contributed by atoms with Crippen LogP contribution in [0, 0.1) is 17.6 Å². The van der Waals surface area contributed by atoms with Gasteiger partial charge >= 0.3 is 0 Å². The van der Waals surface area contributed by atoms with E-state index in [-0.39, 0.29) is 6.04 Å². The lowest BCUT2D eigenvalue weighted by Crippen LogP contribution is -2.41. The maximum Gasteiger partial charge on any atom is 0.126 e. The van der Waals surface area contributed by atoms with Gasteiger partial charge in [0.1, 0.15) is 11.6 Å². The van der Waals surface area contributed by atoms with E-state index in [1.807, 2.05) is 6.92 Å². The van der Waals surface area contributed by atoms with Crippen LogP contribution in [0.5, 0.6) is 0 Å². The Morgan fingerprint density at radius 2 is 1.75 bits per heavy atom. The van der Waals surface area contributed by atoms with Crippen LogP contribution in [0.3, 0.4) is 0 Å². The van der Waals surface area contributed by atoms with Crippen molar-refractivity contribution in [3.63, 3.8) is 0 Å². The van der Waals surface area contributed by atoms with Crippen molar-refractivity contribution >= 4 is 0 Å². The van der Waals surface area contributed by atoms with Crippen LogP contribution in [-0.4, -0.2) is 6.04 Å². The van der Waals surface area contributed by atoms with Crippen LogP contribution in [0.4, 0.5) is 8.78 Å². The van der Waals surface area contributed by atoms with E-state index in [1.165, 1.54) is 12.1 Å². The molecule has 1 atom stereocenters. The molecule has 1 aromatic rings. The van der Waals surface area contributed by atoms with Gasteiger partial charge in [-0.15, -0.1) is 0 Å². The number of nitrogens with one attached hydrogen (secondary N) is 1. The average Bonchev–Trinajstić information content (AvgIpc) is 2.13. The molecule has 1 N–H and O–H groups in total. The van der Waals surface area contributed by atoms with Crippen molar-refractivity contribution in [3.05, 3.63) is 35.4 Å². The maximum atomic E-state index is 13.0. The number of rotatable bonds is 3. The number of halogens is 2. The Kier molecular flexibility index (Phi) is 3.24. The minimum Gasteiger partial charge on any atom is -0.307 e. The highest BCUT2D eigenvalue weighted by atomic mass is 19.1. The third kappa shape index (κ3) is 2.59. The molecule has 88 valence electrons. The van der Waals surface area contributed by atoms with Crippen molar-refractivity contribution in [1.82, 2.24) is 5.32 Å². The van der Waals surface area contributed by atoms with Gasteiger partial charge < -0.3 is 5.32 Å². The standard InChI is InChI=1S/C13H17F2N/c1-8-3-13(4-8)16-9(2)10-5-11(14)7-12(15)6-10/h5-9,13,16H,3-4H2,1-2H3. The fourth-order valence-corrected chi connectivity index (χ4v) is 2.31. The molecule has 0 aliphatic heterocycles. The van der Waals surface area contributed by atoms with Crippen LogP contribution in [0.1, 0.15) is 38.3 Å². The molecule has 2 rings (SSSR count). The molecule has 0 aromatic heterocycles. The van der Waals surface area contributed by atoms with Crippen LogP contribution in [-0.2, 0) is 0 Å². The predicted octanol–water partition coefficient (Wildman–Crippen LogP) is 3.41. The number of benzene rings is 1. The van der Waals surface area contributed by atoms with Gasteiger partial charge in [-0.1, -0.05) is 6.92 Å². The second kappa shape index (κ2) is 4.50. The summed E-state index contributed by atoms with van der Waals surface area (Å²) in [6.45, 7) is 4.15. The number of hydrogen-bond acceptors (Lipinski definition) is 1. The molecule has 3 heteroatoms. The first-order chi connectivity index (χ1) is 7.54. The van der Waals surface area contributed by atoms with Crippen LogP contribution < -0.4 is 5.32 Å². The zero-order valence-electron chi connectivity index (χ0n) is 9.63. The second-order valence-corrected chi connectivity index (χ2v) is 4.86. The van der Waals surface area contributed by atoms with Crippen molar-refractivity contribution in [2.24, 2.45) is 5.92 Å². The first-order valence-corrected chi connectivity index (χ1v) is 5.76. The molecule has 1 fully saturated rings. The summed E-state index contributed by atoms with van der Waals surface area (Å²) in [5.74, 6) is -0.245. The SMILES string of the molecule is CC1CC(NC(C)c2cc(F)cc(F)c2)C1. The Morgan fingerprint density at radius 3 is 2.25 bits per heavy atom. The van der Waals surface area contributed by atoms with Gasteiger partial charge in [0.05, 0.1) is 0 Å². The molecule has 0 radical (unpaired) electrons. The van der Waals surface area contributed by atoms with Crippen molar-refractivity contribution < 1.29 is 8.78 Å². The van der Waals surface area contributed by atoms with Gasteiger partial charge in [0.15, 0.2) is 0 Å². The summed E-state index contributed by atoms with van der Waals surface area (Å²) in [5, 5.41) is 3.38. The summed E-state index contributed by atoms with van der Waals surface area (Å²) in [5.41, 5.74) is 0.678. The zero-order chi connectivity index (χ0) is 11.7. The van der Waals surface area contributed by atoms with Gasteiger partial charge in [0.25, 0.3) is 0 Å². The molecule has 1 nitrogen and oxygen atoms in total. The highest BCUT2D eigenvalue weighted by Gasteiger charge is 2.26. The zero-order valence-corrected chi connectivity index (χ0v) is 9.63. The highest BCUT2D eigenvalue weighted by molar-refractivity contribution is 5.21. The number of hydrogen-bond donors (Lipinski definition) is 1. The molecule has 1 aliphatic carbocycles. The van der Waals surface area contributed by atoms with E-state index in [4.69, 9.17) is 0 Å². The Balaban J connectivity index is 2.00. The van der Waals surface area contributed by atoms with Gasteiger partial charge in [-0.3, -0.25) is 0 Å². The highest BCUT2D eigenvalue weighted by Crippen LogP contribution is 2.28. The van der Waals surface area contributed by atoms with E-state index in [0.29, 0.717) is 11.6 Å². The van der Waals surface area contributed by atoms with Crippen LogP contribution >= 0.6 is 0 Å². The van der Waals surface area contributed by atoms with Gasteiger partial charge in [0.2, 0.25) is 0 Å². The molecule has 1 aromatic carbocycles. The first kappa shape index (κ1) is 11.5. The van der Waals surface area contributed by atoms with E-state index in [2.05, 4.69) is 12.2 Å². The van der Waals surface area contributed by atoms with Crippen molar-refractivity contribution in [1.29, 1.82) is 0 Å². The molecule has 0 heterocycles. The predicted molar refractivity (Wildman–Crippen MR) is 60.1 cm³/mol. The summed E-state index contributed by atoms with van der Waals surface area (Å²) in [4.78, 5) is 0. The second-order valence-electron chi connectivity index (χ2n) is 4.86. The van der Waals surface area contributed by atoms with Crippen LogP contribution in [0.2, 0.25) is 0 Å². The molecule has 1 saturated carbocycles. The van der Waals surface area contributed by atoms with Gasteiger partial charge in [-0.05, 0) is 43.4 Å². The molecular weight excluding hydrogens is 208 g/mol. The average molecular weight is 225 g/mol. The Hall–Kier alpha value is -0.960. The fraction of sp³-hybridized carbons (Fsp3) is 0.538. The molecule has 1 unspecified atom stereocenters. The minimum absolute atomic E-state index is 0.00250. The minimum atomic E-state index is -0.509. The van der Waals surface area contributed by atoms with Crippen LogP contribution in [0.25, 0.3) is 0 Å². The molecule has 0 saturated heterocycles. The van der Waals surface area contributed by atoms with E-state index in [9.17, 15) is 8.78 Å². The van der Waals surface area contributed by atoms with Crippen molar-refractivity contribution in [3.8, 4) is 0 Å². The lowest BCUT2D eigenvalue weighted by atomic mass is 9.81. The maximum absolute atomic E-state index is 13.0. The van der Waals surface area contributed by atoms with E-state index in [0.717, 1.165) is 24.8 Å². The van der Waals surface area contributed by atoms with Gasteiger partial charge in [0, 0.05) is 18.2 Å². The Bertz CT molecular complexity index is 352. The fourth-order valence-electron chi connectivity index (χ4n) is 2.31. The topological polar surface area (TPSA) is 12.0 Å². The molecule has 0 spiro atoms. The molecule has 1 aliphatic rings. The summed E-state index contributed by atoms with van der Waals surface area (Å²) in [7, 11) is 0. The summed E-state index contributed by atoms with van der Waals surface area (Å²) < 4.78 is 26.0. The quantitative estimate of drug-likeness (QED) is 0.831. The Morgan fingerprint density at radius 1 is 1.19 bits per heavy atom. The van der Waals surface area contributed by atoms with E-state index < -0.39 is 11.6 Å². The van der Waals surface area contributed by atoms with Gasteiger partial charge in [-0.2, -0.15) is 0 Å². The molecular formula is C13H17F2N. The third-order valence-corrected chi connectivity index (χ3v) is 3.24. The van der Waals surface area contributed by atoms with Gasteiger partial charge in [-0.25, -0.2) is 8.78 Å². The normalized spacial score (nSPS) is 26.2. The monoisotopic (exact) mass is 225 g/mol. The van der Waals surface area contributed by atoms with Crippen molar-refractivity contribution in [2.75, 3.05) is 0 Å². The lowest BCUT2D eigenvalue weighted by molar-refractivity contribution is 0.226. The molecule has 0 bridgehead atoms. The first-order valence-electron chi connectivity index (χ1n) is 5.76. The summed E-state index contributed by atoms with van der Waals surface area (Å²) in [6.07, 6.45) is 2.31. The smallest absolute Gasteiger partial charge is 0.126 e. The van der Waals surface area contributed by atoms with Crippen LogP contribution in [0.15, 0.2) is 18.2 Å². The van der Waals surface area contributed by atoms with E-state index >= 15 is 0 Å².